The molecule has 0 fully saturated rings. The zero-order chi connectivity index (χ0) is 14.4. The molecule has 19 heavy (non-hydrogen) atoms. The lowest BCUT2D eigenvalue weighted by molar-refractivity contribution is -0.119. The average molecular weight is 260 g/mol. The van der Waals surface area contributed by atoms with Gasteiger partial charge >= 0.3 is 0 Å². The van der Waals surface area contributed by atoms with Gasteiger partial charge in [-0.1, -0.05) is 17.9 Å². The number of nitrogens with one attached hydrogen (secondary N) is 1. The zero-order valence-corrected chi connectivity index (χ0v) is 10.9. The second-order valence-corrected chi connectivity index (χ2v) is 4.04. The Bertz CT molecular complexity index is 556. The largest absolute Gasteiger partial charge is 0.384 e. The highest BCUT2D eigenvalue weighted by Crippen LogP contribution is 2.13. The van der Waals surface area contributed by atoms with Gasteiger partial charge in [-0.05, 0) is 31.5 Å². The molecular formula is C14H16N2O3. The number of nitrogens with two attached hydrogens (primary N) is 1. The van der Waals surface area contributed by atoms with Gasteiger partial charge in [-0.15, -0.1) is 0 Å². The van der Waals surface area contributed by atoms with Gasteiger partial charge in [0.05, 0.1) is 0 Å². The molecule has 0 aromatic heterocycles. The lowest BCUT2D eigenvalue weighted by Crippen LogP contribution is -2.42. The number of hydrogen-bond donors (Lipinski definition) is 3. The van der Waals surface area contributed by atoms with E-state index in [-0.39, 0.29) is 12.5 Å². The predicted molar refractivity (Wildman–Crippen MR) is 71.3 cm³/mol. The Morgan fingerprint density at radius 3 is 2.74 bits per heavy atom. The normalized spacial score (nSPS) is 11.1. The summed E-state index contributed by atoms with van der Waals surface area (Å²) in [4.78, 5) is 22.9. The molecule has 1 aromatic carbocycles. The van der Waals surface area contributed by atoms with E-state index in [9.17, 15) is 9.59 Å². The van der Waals surface area contributed by atoms with E-state index in [1.165, 1.54) is 6.92 Å². The van der Waals surface area contributed by atoms with Gasteiger partial charge < -0.3 is 16.2 Å². The minimum absolute atomic E-state index is 0.241. The van der Waals surface area contributed by atoms with Gasteiger partial charge in [0, 0.05) is 11.1 Å². The van der Waals surface area contributed by atoms with Gasteiger partial charge in [0.1, 0.15) is 12.6 Å². The van der Waals surface area contributed by atoms with Crippen molar-refractivity contribution in [1.82, 2.24) is 5.32 Å². The summed E-state index contributed by atoms with van der Waals surface area (Å²) in [6, 6.07) is 4.35. The number of rotatable bonds is 3. The Hall–Kier alpha value is -2.32. The van der Waals surface area contributed by atoms with Gasteiger partial charge in [0.2, 0.25) is 5.91 Å². The highest BCUT2D eigenvalue weighted by molar-refractivity contribution is 5.98. The minimum atomic E-state index is -0.737. The van der Waals surface area contributed by atoms with Gasteiger partial charge in [-0.25, -0.2) is 0 Å². The Balaban J connectivity index is 3.01. The van der Waals surface area contributed by atoms with Crippen molar-refractivity contribution in [2.24, 2.45) is 5.73 Å². The molecule has 0 aliphatic carbocycles. The number of carbonyl (C=O) groups excluding carboxylic acids is 2. The molecule has 0 aliphatic rings. The van der Waals surface area contributed by atoms with Crippen molar-refractivity contribution in [3.05, 3.63) is 34.9 Å². The van der Waals surface area contributed by atoms with E-state index < -0.39 is 11.9 Å². The standard InChI is InChI=1S/C14H16N2O3/c1-9-11(6-4-8-17)5-3-7-12(9)14(19)16-10(2)13(15)18/h3,5,7,10,17H,8H2,1-2H3,(H2,15,18)(H,16,19). The summed E-state index contributed by atoms with van der Waals surface area (Å²) in [6.07, 6.45) is 0. The lowest BCUT2D eigenvalue weighted by Gasteiger charge is -2.12. The first-order chi connectivity index (χ1) is 8.97. The molecule has 0 bridgehead atoms. The fourth-order valence-corrected chi connectivity index (χ4v) is 1.50. The van der Waals surface area contributed by atoms with Crippen LogP contribution in [0.15, 0.2) is 18.2 Å². The monoisotopic (exact) mass is 260 g/mol. The number of benzene rings is 1. The van der Waals surface area contributed by atoms with Crippen LogP contribution in [0.3, 0.4) is 0 Å². The summed E-state index contributed by atoms with van der Waals surface area (Å²) in [6.45, 7) is 3.03. The summed E-state index contributed by atoms with van der Waals surface area (Å²) >= 11 is 0. The van der Waals surface area contributed by atoms with Crippen LogP contribution in [0.4, 0.5) is 0 Å². The predicted octanol–water partition coefficient (Wildman–Crippen LogP) is -0.0576. The van der Waals surface area contributed by atoms with Crippen molar-refractivity contribution in [3.8, 4) is 11.8 Å². The maximum Gasteiger partial charge on any atom is 0.252 e. The van der Waals surface area contributed by atoms with Crippen LogP contribution in [0, 0.1) is 18.8 Å². The summed E-state index contributed by atoms with van der Waals surface area (Å²) in [5.74, 6) is 4.32. The fourth-order valence-electron chi connectivity index (χ4n) is 1.50. The van der Waals surface area contributed by atoms with E-state index in [0.29, 0.717) is 16.7 Å². The van der Waals surface area contributed by atoms with Crippen LogP contribution in [-0.2, 0) is 4.79 Å². The first-order valence-corrected chi connectivity index (χ1v) is 5.77. The fraction of sp³-hybridized carbons (Fsp3) is 0.286. The van der Waals surface area contributed by atoms with Crippen LogP contribution in [0.2, 0.25) is 0 Å². The molecule has 4 N–H and O–H groups in total. The average Bonchev–Trinajstić information content (AvgIpc) is 2.37. The van der Waals surface area contributed by atoms with Crippen LogP contribution in [-0.4, -0.2) is 29.6 Å². The number of hydrogen-bond acceptors (Lipinski definition) is 3. The van der Waals surface area contributed by atoms with Crippen LogP contribution in [0.25, 0.3) is 0 Å². The first-order valence-electron chi connectivity index (χ1n) is 5.77. The molecule has 0 spiro atoms. The molecule has 0 heterocycles. The number of aliphatic hydroxyl groups excluding tert-OH is 1. The van der Waals surface area contributed by atoms with Gasteiger partial charge in [0.25, 0.3) is 5.91 Å². The molecule has 1 rings (SSSR count). The molecule has 1 atom stereocenters. The Morgan fingerprint density at radius 1 is 1.47 bits per heavy atom. The van der Waals surface area contributed by atoms with Crippen molar-refractivity contribution in [1.29, 1.82) is 0 Å². The third-order valence-electron chi connectivity index (χ3n) is 2.65. The number of aliphatic hydroxyl groups is 1. The third-order valence-corrected chi connectivity index (χ3v) is 2.65. The Labute approximate surface area is 111 Å². The Morgan fingerprint density at radius 2 is 2.16 bits per heavy atom. The smallest absolute Gasteiger partial charge is 0.252 e. The van der Waals surface area contributed by atoms with Crippen molar-refractivity contribution in [2.75, 3.05) is 6.61 Å². The highest BCUT2D eigenvalue weighted by Gasteiger charge is 2.16. The molecule has 100 valence electrons. The molecule has 0 aliphatic heterocycles. The maximum absolute atomic E-state index is 12.0. The minimum Gasteiger partial charge on any atom is -0.384 e. The van der Waals surface area contributed by atoms with E-state index >= 15 is 0 Å². The van der Waals surface area contributed by atoms with Crippen LogP contribution >= 0.6 is 0 Å². The summed E-state index contributed by atoms with van der Waals surface area (Å²) in [5.41, 5.74) is 6.87. The highest BCUT2D eigenvalue weighted by atomic mass is 16.2. The lowest BCUT2D eigenvalue weighted by atomic mass is 10.0. The molecule has 0 radical (unpaired) electrons. The van der Waals surface area contributed by atoms with Crippen LogP contribution < -0.4 is 11.1 Å². The van der Waals surface area contributed by atoms with Crippen LogP contribution in [0.5, 0.6) is 0 Å². The molecule has 0 saturated carbocycles. The molecule has 1 unspecified atom stereocenters. The summed E-state index contributed by atoms with van der Waals surface area (Å²) in [7, 11) is 0. The topological polar surface area (TPSA) is 92.4 Å². The van der Waals surface area contributed by atoms with Crippen molar-refractivity contribution >= 4 is 11.8 Å². The SMILES string of the molecule is Cc1c(C#CCO)cccc1C(=O)NC(C)C(N)=O. The second-order valence-electron chi connectivity index (χ2n) is 4.04. The molecule has 5 nitrogen and oxygen atoms in total. The second kappa shape index (κ2) is 6.57. The van der Waals surface area contributed by atoms with Crippen molar-refractivity contribution in [3.63, 3.8) is 0 Å². The molecular weight excluding hydrogens is 244 g/mol. The van der Waals surface area contributed by atoms with E-state index in [4.69, 9.17) is 10.8 Å². The van der Waals surface area contributed by atoms with Crippen molar-refractivity contribution in [2.45, 2.75) is 19.9 Å². The quantitative estimate of drug-likeness (QED) is 0.665. The molecule has 2 amide bonds. The van der Waals surface area contributed by atoms with Crippen molar-refractivity contribution < 1.29 is 14.7 Å². The van der Waals surface area contributed by atoms with E-state index in [0.717, 1.165) is 0 Å². The number of carbonyl (C=O) groups is 2. The van der Waals surface area contributed by atoms with Gasteiger partial charge in [-0.2, -0.15) is 0 Å². The first kappa shape index (κ1) is 14.7. The zero-order valence-electron chi connectivity index (χ0n) is 10.9. The van der Waals surface area contributed by atoms with E-state index in [2.05, 4.69) is 17.2 Å². The van der Waals surface area contributed by atoms with Gasteiger partial charge in [-0.3, -0.25) is 9.59 Å². The number of amides is 2. The third kappa shape index (κ3) is 3.83. The van der Waals surface area contributed by atoms with E-state index in [1.807, 2.05) is 0 Å². The summed E-state index contributed by atoms with van der Waals surface area (Å²) in [5, 5.41) is 11.2. The van der Waals surface area contributed by atoms with Crippen LogP contribution in [0.1, 0.15) is 28.4 Å². The molecule has 1 aromatic rings. The van der Waals surface area contributed by atoms with E-state index in [1.54, 1.807) is 25.1 Å². The Kier molecular flexibility index (Phi) is 5.10. The van der Waals surface area contributed by atoms with Gasteiger partial charge in [0.15, 0.2) is 0 Å². The molecule has 0 saturated heterocycles. The maximum atomic E-state index is 12.0. The molecule has 5 heteroatoms. The summed E-state index contributed by atoms with van der Waals surface area (Å²) < 4.78 is 0. The number of primary amides is 1.